The molecule has 4 bridgehead atoms. The summed E-state index contributed by atoms with van der Waals surface area (Å²) < 4.78 is 0. The van der Waals surface area contributed by atoms with Crippen LogP contribution >= 0.6 is 0 Å². The summed E-state index contributed by atoms with van der Waals surface area (Å²) in [4.78, 5) is 15.2. The van der Waals surface area contributed by atoms with Crippen LogP contribution in [0.15, 0.2) is 0 Å². The Labute approximate surface area is 139 Å². The van der Waals surface area contributed by atoms with E-state index < -0.39 is 0 Å². The number of piperidine rings is 1. The summed E-state index contributed by atoms with van der Waals surface area (Å²) in [6.45, 7) is 2.81. The lowest BCUT2D eigenvalue weighted by Gasteiger charge is -2.57. The van der Waals surface area contributed by atoms with Crippen LogP contribution in [0.5, 0.6) is 0 Å². The van der Waals surface area contributed by atoms with Crippen LogP contribution in [0.2, 0.25) is 0 Å². The summed E-state index contributed by atoms with van der Waals surface area (Å²) in [6.07, 6.45) is 10.5. The van der Waals surface area contributed by atoms with Crippen molar-refractivity contribution in [2.45, 2.75) is 63.3 Å². The molecule has 0 aromatic carbocycles. The van der Waals surface area contributed by atoms with Gasteiger partial charge in [-0.1, -0.05) is 0 Å². The van der Waals surface area contributed by atoms with Gasteiger partial charge < -0.3 is 10.2 Å². The molecule has 1 amide bonds. The molecular formula is C19H29N3O. The van der Waals surface area contributed by atoms with Crippen LogP contribution in [0, 0.1) is 35.0 Å². The first-order valence-electron chi connectivity index (χ1n) is 9.57. The Morgan fingerprint density at radius 3 is 2.17 bits per heavy atom. The van der Waals surface area contributed by atoms with Gasteiger partial charge in [-0.05, 0) is 82.2 Å². The standard InChI is InChI=1S/C19H29N3O/c20-4-1-5-22-6-2-17(3-7-22)18(23)21-19-11-14-8-15(12-19)10-16(9-14)13-19/h14-17H,1-3,5-13H2,(H,21,23). The van der Waals surface area contributed by atoms with E-state index in [4.69, 9.17) is 5.26 Å². The fourth-order valence-corrected chi connectivity index (χ4v) is 6.25. The molecule has 1 heterocycles. The number of carbonyl (C=O) groups excluding carboxylic acids is 1. The molecule has 0 aromatic rings. The highest BCUT2D eigenvalue weighted by molar-refractivity contribution is 5.79. The Hall–Kier alpha value is -1.08. The van der Waals surface area contributed by atoms with Crippen molar-refractivity contribution in [3.63, 3.8) is 0 Å². The number of amides is 1. The number of hydrogen-bond donors (Lipinski definition) is 1. The van der Waals surface area contributed by atoms with E-state index in [0.29, 0.717) is 12.3 Å². The first kappa shape index (κ1) is 15.4. The summed E-state index contributed by atoms with van der Waals surface area (Å²) in [5.74, 6) is 3.17. The molecule has 4 saturated carbocycles. The minimum atomic E-state index is 0.157. The minimum absolute atomic E-state index is 0.157. The SMILES string of the molecule is N#CCCN1CCC(C(=O)NC23CC4CC(CC(C4)C2)C3)CC1. The molecule has 1 saturated heterocycles. The lowest BCUT2D eigenvalue weighted by molar-refractivity contribution is -0.132. The highest BCUT2D eigenvalue weighted by atomic mass is 16.2. The van der Waals surface area contributed by atoms with Gasteiger partial charge in [0, 0.05) is 24.4 Å². The van der Waals surface area contributed by atoms with Crippen LogP contribution in [0.1, 0.15) is 57.8 Å². The average molecular weight is 315 g/mol. The maximum Gasteiger partial charge on any atom is 0.223 e. The van der Waals surface area contributed by atoms with Gasteiger partial charge in [0.15, 0.2) is 0 Å². The van der Waals surface area contributed by atoms with Crippen LogP contribution in [0.4, 0.5) is 0 Å². The molecule has 0 atom stereocenters. The zero-order valence-corrected chi connectivity index (χ0v) is 14.1. The summed E-state index contributed by atoms with van der Waals surface area (Å²) in [7, 11) is 0. The lowest BCUT2D eigenvalue weighted by Crippen LogP contribution is -2.61. The number of nitriles is 1. The number of hydrogen-bond acceptors (Lipinski definition) is 3. The number of rotatable bonds is 4. The fraction of sp³-hybridized carbons (Fsp3) is 0.895. The first-order valence-corrected chi connectivity index (χ1v) is 9.57. The van der Waals surface area contributed by atoms with Crippen LogP contribution in [0.25, 0.3) is 0 Å². The maximum atomic E-state index is 12.8. The van der Waals surface area contributed by atoms with Crippen molar-refractivity contribution in [2.24, 2.45) is 23.7 Å². The Bertz CT molecular complexity index is 466. The molecular weight excluding hydrogens is 286 g/mol. The van der Waals surface area contributed by atoms with E-state index >= 15 is 0 Å². The molecule has 1 N–H and O–H groups in total. The van der Waals surface area contributed by atoms with Crippen LogP contribution in [-0.2, 0) is 4.79 Å². The highest BCUT2D eigenvalue weighted by Gasteiger charge is 2.51. The van der Waals surface area contributed by atoms with Crippen molar-refractivity contribution in [1.82, 2.24) is 10.2 Å². The third-order valence-electron chi connectivity index (χ3n) is 6.92. The number of nitrogens with one attached hydrogen (secondary N) is 1. The molecule has 5 rings (SSSR count). The molecule has 5 aliphatic rings. The van der Waals surface area contributed by atoms with E-state index in [1.54, 1.807) is 0 Å². The second kappa shape index (κ2) is 6.09. The summed E-state index contributed by atoms with van der Waals surface area (Å²) >= 11 is 0. The van der Waals surface area contributed by atoms with E-state index in [1.807, 2.05) is 0 Å². The van der Waals surface area contributed by atoms with Gasteiger partial charge in [0.05, 0.1) is 6.07 Å². The Kier molecular flexibility index (Phi) is 4.09. The minimum Gasteiger partial charge on any atom is -0.350 e. The molecule has 4 aliphatic carbocycles. The second-order valence-electron chi connectivity index (χ2n) is 8.71. The summed E-state index contributed by atoms with van der Waals surface area (Å²) in [5.41, 5.74) is 0.157. The molecule has 0 radical (unpaired) electrons. The van der Waals surface area contributed by atoms with Gasteiger partial charge in [-0.25, -0.2) is 0 Å². The third kappa shape index (κ3) is 3.13. The van der Waals surface area contributed by atoms with Gasteiger partial charge >= 0.3 is 0 Å². The largest absolute Gasteiger partial charge is 0.350 e. The van der Waals surface area contributed by atoms with Crippen LogP contribution < -0.4 is 5.32 Å². The summed E-state index contributed by atoms with van der Waals surface area (Å²) in [6, 6.07) is 2.21. The number of likely N-dealkylation sites (tertiary alicyclic amines) is 1. The first-order chi connectivity index (χ1) is 11.2. The van der Waals surface area contributed by atoms with Gasteiger partial charge in [-0.15, -0.1) is 0 Å². The van der Waals surface area contributed by atoms with Crippen molar-refractivity contribution in [3.05, 3.63) is 0 Å². The Balaban J connectivity index is 1.32. The zero-order chi connectivity index (χ0) is 15.9. The lowest BCUT2D eigenvalue weighted by atomic mass is 9.53. The smallest absolute Gasteiger partial charge is 0.223 e. The van der Waals surface area contributed by atoms with Crippen molar-refractivity contribution in [2.75, 3.05) is 19.6 Å². The molecule has 0 spiro atoms. The molecule has 0 aromatic heterocycles. The summed E-state index contributed by atoms with van der Waals surface area (Å²) in [5, 5.41) is 12.2. The van der Waals surface area contributed by atoms with E-state index in [0.717, 1.165) is 50.2 Å². The predicted octanol–water partition coefficient (Wildman–Crippen LogP) is 2.70. The molecule has 1 aliphatic heterocycles. The van der Waals surface area contributed by atoms with E-state index in [9.17, 15) is 4.79 Å². The number of nitrogens with zero attached hydrogens (tertiary/aromatic N) is 2. The molecule has 4 heteroatoms. The van der Waals surface area contributed by atoms with Gasteiger partial charge in [0.2, 0.25) is 5.91 Å². The molecule has 0 unspecified atom stereocenters. The molecule has 4 nitrogen and oxygen atoms in total. The Morgan fingerprint density at radius 2 is 1.65 bits per heavy atom. The van der Waals surface area contributed by atoms with Crippen molar-refractivity contribution in [1.29, 1.82) is 5.26 Å². The number of carbonyl (C=O) groups is 1. The van der Waals surface area contributed by atoms with Crippen molar-refractivity contribution < 1.29 is 4.79 Å². The van der Waals surface area contributed by atoms with Gasteiger partial charge in [-0.3, -0.25) is 4.79 Å². The third-order valence-corrected chi connectivity index (χ3v) is 6.92. The van der Waals surface area contributed by atoms with Gasteiger partial charge in [0.25, 0.3) is 0 Å². The molecule has 5 fully saturated rings. The monoisotopic (exact) mass is 315 g/mol. The topological polar surface area (TPSA) is 56.1 Å². The average Bonchev–Trinajstić information content (AvgIpc) is 2.51. The maximum absolute atomic E-state index is 12.8. The zero-order valence-electron chi connectivity index (χ0n) is 14.1. The van der Waals surface area contributed by atoms with Crippen molar-refractivity contribution >= 4 is 5.91 Å². The molecule has 126 valence electrons. The van der Waals surface area contributed by atoms with Crippen LogP contribution in [0.3, 0.4) is 0 Å². The fourth-order valence-electron chi connectivity index (χ4n) is 6.25. The molecule has 23 heavy (non-hydrogen) atoms. The van der Waals surface area contributed by atoms with Crippen molar-refractivity contribution in [3.8, 4) is 6.07 Å². The van der Waals surface area contributed by atoms with E-state index in [-0.39, 0.29) is 11.5 Å². The van der Waals surface area contributed by atoms with Crippen LogP contribution in [-0.4, -0.2) is 36.0 Å². The highest BCUT2D eigenvalue weighted by Crippen LogP contribution is 2.55. The predicted molar refractivity (Wildman–Crippen MR) is 88.4 cm³/mol. The quantitative estimate of drug-likeness (QED) is 0.868. The second-order valence-corrected chi connectivity index (χ2v) is 8.71. The van der Waals surface area contributed by atoms with Gasteiger partial charge in [0.1, 0.15) is 0 Å². The van der Waals surface area contributed by atoms with E-state index in [2.05, 4.69) is 16.3 Å². The van der Waals surface area contributed by atoms with E-state index in [1.165, 1.54) is 38.5 Å². The normalized spacial score (nSPS) is 40.0. The Morgan fingerprint density at radius 1 is 1.09 bits per heavy atom. The van der Waals surface area contributed by atoms with Gasteiger partial charge in [-0.2, -0.15) is 5.26 Å².